The Bertz CT molecular complexity index is 641. The molecule has 0 aromatic heterocycles. The topological polar surface area (TPSA) is 52.4 Å². The number of nitro benzene ring substituents is 1. The van der Waals surface area contributed by atoms with Crippen molar-refractivity contribution in [3.63, 3.8) is 0 Å². The first-order valence-electron chi connectivity index (χ1n) is 5.67. The molecule has 5 heteroatoms. The van der Waals surface area contributed by atoms with Crippen LogP contribution in [0.4, 0.5) is 10.1 Å². The van der Waals surface area contributed by atoms with Gasteiger partial charge in [-0.1, -0.05) is 12.1 Å². The zero-order chi connectivity index (χ0) is 14.0. The van der Waals surface area contributed by atoms with Crippen LogP contribution in [0.2, 0.25) is 0 Å². The molecule has 0 bridgehead atoms. The molecule has 0 heterocycles. The molecule has 2 rings (SSSR count). The summed E-state index contributed by atoms with van der Waals surface area (Å²) in [5.74, 6) is 0.213. The first-order chi connectivity index (χ1) is 8.99. The molecule has 0 saturated heterocycles. The van der Waals surface area contributed by atoms with E-state index in [9.17, 15) is 14.5 Å². The van der Waals surface area contributed by atoms with Crippen molar-refractivity contribution in [1.82, 2.24) is 0 Å². The Hall–Kier alpha value is -2.43. The van der Waals surface area contributed by atoms with Gasteiger partial charge in [-0.25, -0.2) is 4.39 Å². The molecule has 0 radical (unpaired) electrons. The van der Waals surface area contributed by atoms with E-state index < -0.39 is 4.92 Å². The van der Waals surface area contributed by atoms with E-state index in [1.54, 1.807) is 26.0 Å². The molecule has 98 valence electrons. The van der Waals surface area contributed by atoms with E-state index in [0.29, 0.717) is 16.9 Å². The molecule has 0 amide bonds. The smallest absolute Gasteiger partial charge is 0.311 e. The van der Waals surface area contributed by atoms with E-state index in [1.807, 2.05) is 0 Å². The highest BCUT2D eigenvalue weighted by Crippen LogP contribution is 2.35. The Kier molecular flexibility index (Phi) is 3.46. The Labute approximate surface area is 109 Å². The number of benzene rings is 2. The van der Waals surface area contributed by atoms with Crippen molar-refractivity contribution in [1.29, 1.82) is 0 Å². The molecular weight excluding hydrogens is 249 g/mol. The summed E-state index contributed by atoms with van der Waals surface area (Å²) in [4.78, 5) is 10.5. The SMILES string of the molecule is Cc1cc(F)ccc1Oc1c(C)cccc1[N+](=O)[O-]. The lowest BCUT2D eigenvalue weighted by Crippen LogP contribution is -1.96. The van der Waals surface area contributed by atoms with Gasteiger partial charge in [0.1, 0.15) is 11.6 Å². The van der Waals surface area contributed by atoms with Crippen molar-refractivity contribution in [2.45, 2.75) is 13.8 Å². The van der Waals surface area contributed by atoms with Gasteiger partial charge >= 0.3 is 5.69 Å². The van der Waals surface area contributed by atoms with Gasteiger partial charge in [0.2, 0.25) is 5.75 Å². The number of hydrogen-bond acceptors (Lipinski definition) is 3. The van der Waals surface area contributed by atoms with E-state index in [1.165, 1.54) is 24.3 Å². The number of para-hydroxylation sites is 1. The summed E-state index contributed by atoms with van der Waals surface area (Å²) >= 11 is 0. The first kappa shape index (κ1) is 13.0. The molecule has 4 nitrogen and oxygen atoms in total. The first-order valence-corrected chi connectivity index (χ1v) is 5.67. The maximum atomic E-state index is 13.0. The Balaban J connectivity index is 2.46. The van der Waals surface area contributed by atoms with Gasteiger partial charge in [0.25, 0.3) is 0 Å². The minimum atomic E-state index is -0.499. The summed E-state index contributed by atoms with van der Waals surface area (Å²) in [5.41, 5.74) is 1.12. The number of halogens is 1. The minimum Gasteiger partial charge on any atom is -0.450 e. The summed E-state index contributed by atoms with van der Waals surface area (Å²) in [6.45, 7) is 3.41. The third-order valence-corrected chi connectivity index (χ3v) is 2.74. The Morgan fingerprint density at radius 1 is 1.16 bits per heavy atom. The fourth-order valence-electron chi connectivity index (χ4n) is 1.75. The lowest BCUT2D eigenvalue weighted by Gasteiger charge is -2.11. The predicted octanol–water partition coefficient (Wildman–Crippen LogP) is 4.14. The summed E-state index contributed by atoms with van der Waals surface area (Å²) in [6, 6.07) is 8.73. The lowest BCUT2D eigenvalue weighted by molar-refractivity contribution is -0.385. The molecule has 0 aliphatic heterocycles. The monoisotopic (exact) mass is 261 g/mol. The van der Waals surface area contributed by atoms with Crippen LogP contribution < -0.4 is 4.74 Å². The van der Waals surface area contributed by atoms with Gasteiger partial charge in [0.15, 0.2) is 0 Å². The van der Waals surface area contributed by atoms with Gasteiger partial charge in [0.05, 0.1) is 4.92 Å². The molecule has 19 heavy (non-hydrogen) atoms. The van der Waals surface area contributed by atoms with Crippen LogP contribution in [0, 0.1) is 29.8 Å². The second kappa shape index (κ2) is 5.06. The van der Waals surface area contributed by atoms with Crippen LogP contribution in [0.25, 0.3) is 0 Å². The standard InChI is InChI=1S/C14H12FNO3/c1-9-4-3-5-12(16(17)18)14(9)19-13-7-6-11(15)8-10(13)2/h3-8H,1-2H3. The average molecular weight is 261 g/mol. The predicted molar refractivity (Wildman–Crippen MR) is 69.0 cm³/mol. The molecule has 0 aliphatic carbocycles. The second-order valence-electron chi connectivity index (χ2n) is 4.19. The molecule has 2 aromatic rings. The molecule has 0 aliphatic rings. The lowest BCUT2D eigenvalue weighted by atomic mass is 10.2. The Morgan fingerprint density at radius 2 is 1.89 bits per heavy atom. The minimum absolute atomic E-state index is 0.108. The fraction of sp³-hybridized carbons (Fsp3) is 0.143. The van der Waals surface area contributed by atoms with Crippen molar-refractivity contribution in [3.05, 3.63) is 63.5 Å². The third kappa shape index (κ3) is 2.70. The zero-order valence-electron chi connectivity index (χ0n) is 10.5. The molecule has 0 spiro atoms. The van der Waals surface area contributed by atoms with Crippen LogP contribution in [0.5, 0.6) is 11.5 Å². The van der Waals surface area contributed by atoms with E-state index in [-0.39, 0.29) is 17.3 Å². The second-order valence-corrected chi connectivity index (χ2v) is 4.19. The largest absolute Gasteiger partial charge is 0.450 e. The third-order valence-electron chi connectivity index (χ3n) is 2.74. The van der Waals surface area contributed by atoms with Crippen LogP contribution in [0.15, 0.2) is 36.4 Å². The molecule has 2 aromatic carbocycles. The number of hydrogen-bond donors (Lipinski definition) is 0. The van der Waals surface area contributed by atoms with E-state index >= 15 is 0 Å². The maximum absolute atomic E-state index is 13.0. The van der Waals surface area contributed by atoms with Crippen LogP contribution in [-0.4, -0.2) is 4.92 Å². The number of nitro groups is 1. The molecule has 0 saturated carbocycles. The van der Waals surface area contributed by atoms with Crippen molar-refractivity contribution in [3.8, 4) is 11.5 Å². The average Bonchev–Trinajstić information content (AvgIpc) is 2.34. The van der Waals surface area contributed by atoms with Crippen molar-refractivity contribution in [2.24, 2.45) is 0 Å². The summed E-state index contributed by atoms with van der Waals surface area (Å²) in [5, 5.41) is 11.0. The molecule has 0 atom stereocenters. The van der Waals surface area contributed by atoms with Gasteiger partial charge in [-0.2, -0.15) is 0 Å². The van der Waals surface area contributed by atoms with Crippen LogP contribution in [0.3, 0.4) is 0 Å². The van der Waals surface area contributed by atoms with Crippen molar-refractivity contribution in [2.75, 3.05) is 0 Å². The highest BCUT2D eigenvalue weighted by molar-refractivity contribution is 5.53. The van der Waals surface area contributed by atoms with E-state index in [4.69, 9.17) is 4.74 Å². The molecular formula is C14H12FNO3. The number of rotatable bonds is 3. The number of ether oxygens (including phenoxy) is 1. The maximum Gasteiger partial charge on any atom is 0.311 e. The Morgan fingerprint density at radius 3 is 2.53 bits per heavy atom. The van der Waals surface area contributed by atoms with Crippen molar-refractivity contribution < 1.29 is 14.1 Å². The number of aryl methyl sites for hydroxylation is 2. The molecule has 0 N–H and O–H groups in total. The quantitative estimate of drug-likeness (QED) is 0.616. The normalized spacial score (nSPS) is 10.3. The van der Waals surface area contributed by atoms with Crippen LogP contribution in [-0.2, 0) is 0 Å². The van der Waals surface area contributed by atoms with Gasteiger partial charge in [-0.3, -0.25) is 10.1 Å². The van der Waals surface area contributed by atoms with Crippen LogP contribution in [0.1, 0.15) is 11.1 Å². The van der Waals surface area contributed by atoms with Gasteiger partial charge in [0, 0.05) is 6.07 Å². The fourth-order valence-corrected chi connectivity index (χ4v) is 1.75. The molecule has 0 fully saturated rings. The highest BCUT2D eigenvalue weighted by atomic mass is 19.1. The van der Waals surface area contributed by atoms with Crippen molar-refractivity contribution >= 4 is 5.69 Å². The van der Waals surface area contributed by atoms with E-state index in [0.717, 1.165) is 0 Å². The summed E-state index contributed by atoms with van der Waals surface area (Å²) < 4.78 is 18.6. The van der Waals surface area contributed by atoms with Gasteiger partial charge < -0.3 is 4.74 Å². The zero-order valence-corrected chi connectivity index (χ0v) is 10.5. The summed E-state index contributed by atoms with van der Waals surface area (Å²) in [6.07, 6.45) is 0. The summed E-state index contributed by atoms with van der Waals surface area (Å²) in [7, 11) is 0. The van der Waals surface area contributed by atoms with Gasteiger partial charge in [-0.05, 0) is 43.2 Å². The van der Waals surface area contributed by atoms with Gasteiger partial charge in [-0.15, -0.1) is 0 Å². The van der Waals surface area contributed by atoms with E-state index in [2.05, 4.69) is 0 Å². The molecule has 0 unspecified atom stereocenters. The number of nitrogens with zero attached hydrogens (tertiary/aromatic N) is 1. The van der Waals surface area contributed by atoms with Crippen LogP contribution >= 0.6 is 0 Å². The highest BCUT2D eigenvalue weighted by Gasteiger charge is 2.18.